The minimum Gasteiger partial charge on any atom is -0.440 e. The van der Waals surface area contributed by atoms with Gasteiger partial charge in [-0.2, -0.15) is 0 Å². The summed E-state index contributed by atoms with van der Waals surface area (Å²) in [5, 5.41) is 0.682. The second-order valence-electron chi connectivity index (χ2n) is 3.98. The van der Waals surface area contributed by atoms with Crippen LogP contribution in [0.15, 0.2) is 48.5 Å². The van der Waals surface area contributed by atoms with Crippen LogP contribution in [0.2, 0.25) is 5.02 Å². The Morgan fingerprint density at radius 1 is 1.06 bits per heavy atom. The van der Waals surface area contributed by atoms with E-state index in [-0.39, 0.29) is 12.7 Å². The van der Waals surface area contributed by atoms with Gasteiger partial charge in [0.15, 0.2) is 6.73 Å². The maximum atomic E-state index is 11.6. The van der Waals surface area contributed by atoms with Crippen molar-refractivity contribution in [1.29, 1.82) is 0 Å². The van der Waals surface area contributed by atoms with Crippen molar-refractivity contribution in [3.8, 4) is 0 Å². The number of benzene rings is 2. The highest BCUT2D eigenvalue weighted by Crippen LogP contribution is 2.32. The predicted molar refractivity (Wildman–Crippen MR) is 70.3 cm³/mol. The zero-order valence-electron chi connectivity index (χ0n) is 9.47. The molecular formula is C14H10ClNO2. The Kier molecular flexibility index (Phi) is 2.68. The Balaban J connectivity index is 2.07. The highest BCUT2D eigenvalue weighted by Gasteiger charge is 2.24. The normalized spacial score (nSPS) is 14.1. The molecule has 0 saturated carbocycles. The van der Waals surface area contributed by atoms with E-state index in [9.17, 15) is 4.79 Å². The van der Waals surface area contributed by atoms with E-state index in [1.54, 1.807) is 6.07 Å². The molecule has 2 aromatic carbocycles. The molecule has 0 N–H and O–H groups in total. The van der Waals surface area contributed by atoms with Crippen molar-refractivity contribution < 1.29 is 9.53 Å². The predicted octanol–water partition coefficient (Wildman–Crippen LogP) is 3.61. The van der Waals surface area contributed by atoms with E-state index in [0.717, 1.165) is 11.4 Å². The van der Waals surface area contributed by atoms with Crippen molar-refractivity contribution >= 4 is 28.9 Å². The van der Waals surface area contributed by atoms with E-state index >= 15 is 0 Å². The molecular weight excluding hydrogens is 250 g/mol. The number of nitrogens with zero attached hydrogens (tertiary/aromatic N) is 1. The summed E-state index contributed by atoms with van der Waals surface area (Å²) < 4.78 is 5.16. The fourth-order valence-electron chi connectivity index (χ4n) is 1.99. The number of rotatable bonds is 1. The van der Waals surface area contributed by atoms with Gasteiger partial charge in [-0.25, -0.2) is 4.79 Å². The van der Waals surface area contributed by atoms with Gasteiger partial charge in [0.1, 0.15) is 0 Å². The van der Waals surface area contributed by atoms with Crippen LogP contribution in [0, 0.1) is 0 Å². The molecule has 3 rings (SSSR count). The highest BCUT2D eigenvalue weighted by molar-refractivity contribution is 6.30. The molecule has 0 atom stereocenters. The first-order valence-corrected chi connectivity index (χ1v) is 5.93. The van der Waals surface area contributed by atoms with E-state index < -0.39 is 0 Å². The van der Waals surface area contributed by atoms with Crippen LogP contribution in [-0.4, -0.2) is 12.7 Å². The maximum absolute atomic E-state index is 11.6. The van der Waals surface area contributed by atoms with Gasteiger partial charge in [-0.05, 0) is 36.4 Å². The first-order chi connectivity index (χ1) is 8.75. The Hall–Kier alpha value is -2.00. The lowest BCUT2D eigenvalue weighted by Gasteiger charge is -2.30. The number of hydrogen-bond donors (Lipinski definition) is 0. The van der Waals surface area contributed by atoms with Crippen LogP contribution in [0.5, 0.6) is 0 Å². The molecule has 90 valence electrons. The van der Waals surface area contributed by atoms with Gasteiger partial charge in [-0.15, -0.1) is 0 Å². The number of esters is 1. The van der Waals surface area contributed by atoms with Crippen molar-refractivity contribution in [3.05, 3.63) is 59.1 Å². The molecule has 2 aromatic rings. The van der Waals surface area contributed by atoms with Crippen LogP contribution >= 0.6 is 11.6 Å². The fourth-order valence-corrected chi connectivity index (χ4v) is 2.11. The molecule has 0 aliphatic carbocycles. The van der Waals surface area contributed by atoms with Crippen LogP contribution in [0.3, 0.4) is 0 Å². The number of para-hydroxylation sites is 1. The number of anilines is 2. The average Bonchev–Trinajstić information content (AvgIpc) is 2.41. The Morgan fingerprint density at radius 2 is 1.78 bits per heavy atom. The lowest BCUT2D eigenvalue weighted by molar-refractivity contribution is 0.0494. The van der Waals surface area contributed by atoms with Gasteiger partial charge < -0.3 is 9.64 Å². The van der Waals surface area contributed by atoms with E-state index in [0.29, 0.717) is 10.6 Å². The quantitative estimate of drug-likeness (QED) is 0.733. The zero-order valence-corrected chi connectivity index (χ0v) is 10.2. The van der Waals surface area contributed by atoms with E-state index in [1.165, 1.54) is 0 Å². The van der Waals surface area contributed by atoms with Crippen molar-refractivity contribution in [1.82, 2.24) is 0 Å². The van der Waals surface area contributed by atoms with E-state index in [4.69, 9.17) is 16.3 Å². The van der Waals surface area contributed by atoms with Crippen LogP contribution in [0.25, 0.3) is 0 Å². The van der Waals surface area contributed by atoms with Crippen molar-refractivity contribution in [3.63, 3.8) is 0 Å². The second-order valence-corrected chi connectivity index (χ2v) is 4.42. The third kappa shape index (κ3) is 1.83. The molecule has 1 aliphatic rings. The third-order valence-electron chi connectivity index (χ3n) is 2.88. The van der Waals surface area contributed by atoms with Gasteiger partial charge >= 0.3 is 5.97 Å². The number of cyclic esters (lactones) is 1. The topological polar surface area (TPSA) is 29.5 Å². The summed E-state index contributed by atoms with van der Waals surface area (Å²) in [7, 11) is 0. The molecule has 0 saturated heterocycles. The van der Waals surface area contributed by atoms with Crippen molar-refractivity contribution in [2.45, 2.75) is 0 Å². The lowest BCUT2D eigenvalue weighted by Crippen LogP contribution is -2.30. The summed E-state index contributed by atoms with van der Waals surface area (Å²) in [6.07, 6.45) is 0. The third-order valence-corrected chi connectivity index (χ3v) is 3.13. The summed E-state index contributed by atoms with van der Waals surface area (Å²) in [6, 6.07) is 14.8. The van der Waals surface area contributed by atoms with Gasteiger partial charge in [-0.3, -0.25) is 0 Å². The van der Waals surface area contributed by atoms with Gasteiger partial charge in [0.25, 0.3) is 0 Å². The Labute approximate surface area is 110 Å². The van der Waals surface area contributed by atoms with Crippen molar-refractivity contribution in [2.75, 3.05) is 11.6 Å². The largest absolute Gasteiger partial charge is 0.440 e. The molecule has 0 aromatic heterocycles. The summed E-state index contributed by atoms with van der Waals surface area (Å²) in [6.45, 7) is 0.220. The minimum atomic E-state index is -0.282. The standard InChI is InChI=1S/C14H10ClNO2/c15-10-5-7-11(8-6-10)16-9-18-14(17)12-3-1-2-4-13(12)16/h1-8H,9H2. The molecule has 0 radical (unpaired) electrons. The van der Waals surface area contributed by atoms with Crippen molar-refractivity contribution in [2.24, 2.45) is 0 Å². The Morgan fingerprint density at radius 3 is 2.56 bits per heavy atom. The Bertz CT molecular complexity index is 595. The second kappa shape index (κ2) is 4.35. The molecule has 0 bridgehead atoms. The summed E-state index contributed by atoms with van der Waals surface area (Å²) in [4.78, 5) is 13.6. The molecule has 1 aliphatic heterocycles. The SMILES string of the molecule is O=C1OCN(c2ccc(Cl)cc2)c2ccccc21. The minimum absolute atomic E-state index is 0.220. The monoisotopic (exact) mass is 259 g/mol. The first-order valence-electron chi connectivity index (χ1n) is 5.55. The maximum Gasteiger partial charge on any atom is 0.342 e. The summed E-state index contributed by atoms with van der Waals surface area (Å²) in [5.41, 5.74) is 2.38. The number of carbonyl (C=O) groups excluding carboxylic acids is 1. The smallest absolute Gasteiger partial charge is 0.342 e. The molecule has 18 heavy (non-hydrogen) atoms. The van der Waals surface area contributed by atoms with Crippen LogP contribution in [0.4, 0.5) is 11.4 Å². The molecule has 4 heteroatoms. The van der Waals surface area contributed by atoms with E-state index in [1.807, 2.05) is 47.4 Å². The van der Waals surface area contributed by atoms with Crippen LogP contribution in [-0.2, 0) is 4.74 Å². The fraction of sp³-hybridized carbons (Fsp3) is 0.0714. The number of halogens is 1. The van der Waals surface area contributed by atoms with Gasteiger partial charge in [0.05, 0.1) is 11.3 Å². The molecule has 0 unspecified atom stereocenters. The van der Waals surface area contributed by atoms with Gasteiger partial charge in [0.2, 0.25) is 0 Å². The summed E-state index contributed by atoms with van der Waals surface area (Å²) in [5.74, 6) is -0.282. The number of hydrogen-bond acceptors (Lipinski definition) is 3. The number of fused-ring (bicyclic) bond motifs is 1. The molecule has 0 spiro atoms. The molecule has 0 fully saturated rings. The number of ether oxygens (including phenoxy) is 1. The van der Waals surface area contributed by atoms with Crippen LogP contribution in [0.1, 0.15) is 10.4 Å². The van der Waals surface area contributed by atoms with Gasteiger partial charge in [-0.1, -0.05) is 23.7 Å². The number of carbonyl (C=O) groups is 1. The first kappa shape index (κ1) is 11.1. The average molecular weight is 260 g/mol. The molecule has 3 nitrogen and oxygen atoms in total. The lowest BCUT2D eigenvalue weighted by atomic mass is 10.1. The summed E-state index contributed by atoms with van der Waals surface area (Å²) >= 11 is 5.87. The van der Waals surface area contributed by atoms with Gasteiger partial charge in [0, 0.05) is 10.7 Å². The van der Waals surface area contributed by atoms with Crippen LogP contribution < -0.4 is 4.90 Å². The molecule has 0 amide bonds. The molecule has 1 heterocycles. The highest BCUT2D eigenvalue weighted by atomic mass is 35.5. The zero-order chi connectivity index (χ0) is 12.5. The van der Waals surface area contributed by atoms with E-state index in [2.05, 4.69) is 0 Å².